The second kappa shape index (κ2) is 4.51. The van der Waals surface area contributed by atoms with Crippen molar-refractivity contribution in [1.29, 1.82) is 0 Å². The number of hydrogen-bond acceptors (Lipinski definition) is 2. The summed E-state index contributed by atoms with van der Waals surface area (Å²) in [5.41, 5.74) is 0. The summed E-state index contributed by atoms with van der Waals surface area (Å²) >= 11 is 0. The average Bonchev–Trinajstić information content (AvgIpc) is 2.44. The minimum absolute atomic E-state index is 0.186. The maximum atomic E-state index is 11.8. The molecule has 1 heterocycles. The van der Waals surface area contributed by atoms with E-state index in [1.54, 1.807) is 4.90 Å². The van der Waals surface area contributed by atoms with Crippen molar-refractivity contribution in [1.82, 2.24) is 9.80 Å². The number of carbonyl (C=O) groups is 2. The van der Waals surface area contributed by atoms with E-state index in [-0.39, 0.29) is 12.6 Å². The number of aliphatic carboxylic acids is 1. The van der Waals surface area contributed by atoms with Gasteiger partial charge in [0.2, 0.25) is 0 Å². The Morgan fingerprint density at radius 2 is 1.80 bits per heavy atom. The maximum absolute atomic E-state index is 11.8. The second-order valence-corrected chi connectivity index (χ2v) is 4.39. The molecule has 1 saturated heterocycles. The summed E-state index contributed by atoms with van der Waals surface area (Å²) in [5.74, 6) is 0.00509. The molecule has 1 N–H and O–H groups in total. The smallest absolute Gasteiger partial charge is 0.323 e. The molecule has 0 bridgehead atoms. The van der Waals surface area contributed by atoms with Crippen LogP contribution in [0.15, 0.2) is 0 Å². The van der Waals surface area contributed by atoms with E-state index in [1.165, 1.54) is 11.9 Å². The highest BCUT2D eigenvalue weighted by Crippen LogP contribution is 2.22. The van der Waals surface area contributed by atoms with Crippen LogP contribution in [0, 0.1) is 11.8 Å². The Balaban J connectivity index is 2.51. The first-order valence-corrected chi connectivity index (χ1v) is 5.13. The molecule has 0 spiro atoms. The van der Waals surface area contributed by atoms with Crippen molar-refractivity contribution in [2.24, 2.45) is 11.8 Å². The lowest BCUT2D eigenvalue weighted by Gasteiger charge is -2.23. The Morgan fingerprint density at radius 1 is 1.33 bits per heavy atom. The molecule has 1 aliphatic rings. The zero-order chi connectivity index (χ0) is 11.6. The van der Waals surface area contributed by atoms with Crippen LogP contribution in [-0.2, 0) is 4.79 Å². The fourth-order valence-corrected chi connectivity index (χ4v) is 1.80. The molecule has 0 saturated carbocycles. The van der Waals surface area contributed by atoms with Crippen molar-refractivity contribution in [3.05, 3.63) is 0 Å². The summed E-state index contributed by atoms with van der Waals surface area (Å²) in [5, 5.41) is 8.57. The molecule has 1 aliphatic heterocycles. The zero-order valence-corrected chi connectivity index (χ0v) is 9.43. The summed E-state index contributed by atoms with van der Waals surface area (Å²) in [6, 6.07) is -0.186. The van der Waals surface area contributed by atoms with Gasteiger partial charge in [0, 0.05) is 20.1 Å². The summed E-state index contributed by atoms with van der Waals surface area (Å²) in [7, 11) is 1.52. The molecule has 0 aromatic heterocycles. The second-order valence-electron chi connectivity index (χ2n) is 4.39. The Hall–Kier alpha value is -1.26. The van der Waals surface area contributed by atoms with Crippen LogP contribution in [0.4, 0.5) is 4.79 Å². The minimum Gasteiger partial charge on any atom is -0.480 e. The summed E-state index contributed by atoms with van der Waals surface area (Å²) in [4.78, 5) is 25.2. The monoisotopic (exact) mass is 214 g/mol. The van der Waals surface area contributed by atoms with E-state index in [4.69, 9.17) is 5.11 Å². The highest BCUT2D eigenvalue weighted by Gasteiger charge is 2.31. The number of amides is 2. The predicted molar refractivity (Wildman–Crippen MR) is 55.6 cm³/mol. The van der Waals surface area contributed by atoms with Gasteiger partial charge in [0.25, 0.3) is 0 Å². The SMILES string of the molecule is CC1CN(C(=O)N(C)CC(=O)O)CC1C. The first-order valence-electron chi connectivity index (χ1n) is 5.13. The summed E-state index contributed by atoms with van der Waals surface area (Å²) in [6.07, 6.45) is 0. The topological polar surface area (TPSA) is 60.9 Å². The van der Waals surface area contributed by atoms with E-state index in [2.05, 4.69) is 13.8 Å². The number of urea groups is 1. The standard InChI is InChI=1S/C10H18N2O3/c1-7-4-12(5-8(7)2)10(15)11(3)6-9(13)14/h7-8H,4-6H2,1-3H3,(H,13,14). The molecule has 5 heteroatoms. The first kappa shape index (κ1) is 11.8. The lowest BCUT2D eigenvalue weighted by Crippen LogP contribution is -2.42. The van der Waals surface area contributed by atoms with Gasteiger partial charge in [0.1, 0.15) is 6.54 Å². The third-order valence-corrected chi connectivity index (χ3v) is 2.96. The van der Waals surface area contributed by atoms with Gasteiger partial charge in [-0.3, -0.25) is 4.79 Å². The zero-order valence-electron chi connectivity index (χ0n) is 9.43. The van der Waals surface area contributed by atoms with Gasteiger partial charge in [-0.05, 0) is 11.8 Å². The van der Waals surface area contributed by atoms with Crippen molar-refractivity contribution in [3.63, 3.8) is 0 Å². The Bertz CT molecular complexity index is 257. The van der Waals surface area contributed by atoms with Gasteiger partial charge >= 0.3 is 12.0 Å². The molecule has 0 aliphatic carbocycles. The Labute approximate surface area is 89.7 Å². The highest BCUT2D eigenvalue weighted by molar-refractivity contribution is 5.80. The van der Waals surface area contributed by atoms with Gasteiger partial charge < -0.3 is 14.9 Å². The largest absolute Gasteiger partial charge is 0.480 e. The van der Waals surface area contributed by atoms with Crippen LogP contribution in [-0.4, -0.2) is 53.6 Å². The number of nitrogens with zero attached hydrogens (tertiary/aromatic N) is 2. The van der Waals surface area contributed by atoms with Crippen LogP contribution in [0.1, 0.15) is 13.8 Å². The predicted octanol–water partition coefficient (Wildman–Crippen LogP) is 0.711. The average molecular weight is 214 g/mol. The fraction of sp³-hybridized carbons (Fsp3) is 0.800. The van der Waals surface area contributed by atoms with E-state index in [1.807, 2.05) is 0 Å². The van der Waals surface area contributed by atoms with E-state index < -0.39 is 5.97 Å². The van der Waals surface area contributed by atoms with Crippen molar-refractivity contribution in [2.45, 2.75) is 13.8 Å². The number of likely N-dealkylation sites (tertiary alicyclic amines) is 1. The molecular formula is C10H18N2O3. The Kier molecular flexibility index (Phi) is 3.55. The van der Waals surface area contributed by atoms with Crippen molar-refractivity contribution < 1.29 is 14.7 Å². The number of likely N-dealkylation sites (N-methyl/N-ethyl adjacent to an activating group) is 1. The molecule has 86 valence electrons. The third-order valence-electron chi connectivity index (χ3n) is 2.96. The summed E-state index contributed by atoms with van der Waals surface area (Å²) < 4.78 is 0. The van der Waals surface area contributed by atoms with Crippen LogP contribution in [0.5, 0.6) is 0 Å². The number of carboxylic acid groups (broad SMARTS) is 1. The minimum atomic E-state index is -0.980. The highest BCUT2D eigenvalue weighted by atomic mass is 16.4. The third kappa shape index (κ3) is 2.84. The van der Waals surface area contributed by atoms with Gasteiger partial charge in [0.05, 0.1) is 0 Å². The maximum Gasteiger partial charge on any atom is 0.323 e. The molecule has 2 amide bonds. The van der Waals surface area contributed by atoms with Crippen molar-refractivity contribution >= 4 is 12.0 Å². The number of hydrogen-bond donors (Lipinski definition) is 1. The van der Waals surface area contributed by atoms with Gasteiger partial charge in [-0.2, -0.15) is 0 Å². The van der Waals surface area contributed by atoms with Crippen LogP contribution in [0.3, 0.4) is 0 Å². The molecule has 2 atom stereocenters. The van der Waals surface area contributed by atoms with Crippen LogP contribution < -0.4 is 0 Å². The number of carbonyl (C=O) groups excluding carboxylic acids is 1. The molecular weight excluding hydrogens is 196 g/mol. The van der Waals surface area contributed by atoms with E-state index in [0.717, 1.165) is 13.1 Å². The quantitative estimate of drug-likeness (QED) is 0.736. The van der Waals surface area contributed by atoms with E-state index in [0.29, 0.717) is 11.8 Å². The molecule has 0 aromatic rings. The fourth-order valence-electron chi connectivity index (χ4n) is 1.80. The van der Waals surface area contributed by atoms with E-state index in [9.17, 15) is 9.59 Å². The summed E-state index contributed by atoms with van der Waals surface area (Å²) in [6.45, 7) is 5.43. The molecule has 2 unspecified atom stereocenters. The van der Waals surface area contributed by atoms with Gasteiger partial charge in [0.15, 0.2) is 0 Å². The number of rotatable bonds is 2. The molecule has 1 rings (SSSR count). The molecule has 0 aromatic carbocycles. The van der Waals surface area contributed by atoms with Crippen LogP contribution in [0.25, 0.3) is 0 Å². The molecule has 5 nitrogen and oxygen atoms in total. The van der Waals surface area contributed by atoms with Gasteiger partial charge in [-0.25, -0.2) is 4.79 Å². The van der Waals surface area contributed by atoms with Crippen LogP contribution in [0.2, 0.25) is 0 Å². The normalized spacial score (nSPS) is 25.4. The van der Waals surface area contributed by atoms with Crippen molar-refractivity contribution in [2.75, 3.05) is 26.7 Å². The number of carboxylic acids is 1. The molecule has 15 heavy (non-hydrogen) atoms. The molecule has 1 fully saturated rings. The lowest BCUT2D eigenvalue weighted by atomic mass is 10.0. The van der Waals surface area contributed by atoms with E-state index >= 15 is 0 Å². The van der Waals surface area contributed by atoms with Gasteiger partial charge in [-0.15, -0.1) is 0 Å². The van der Waals surface area contributed by atoms with Crippen LogP contribution >= 0.6 is 0 Å². The van der Waals surface area contributed by atoms with Crippen molar-refractivity contribution in [3.8, 4) is 0 Å². The molecule has 0 radical (unpaired) electrons. The first-order chi connectivity index (χ1) is 6.91. The lowest BCUT2D eigenvalue weighted by molar-refractivity contribution is -0.137. The Morgan fingerprint density at radius 3 is 2.20 bits per heavy atom. The van der Waals surface area contributed by atoms with Gasteiger partial charge in [-0.1, -0.05) is 13.8 Å².